The van der Waals surface area contributed by atoms with Crippen LogP contribution < -0.4 is 11.2 Å². The third kappa shape index (κ3) is 3.08. The molecule has 0 aliphatic carbocycles. The minimum atomic E-state index is -4.41. The van der Waals surface area contributed by atoms with Crippen LogP contribution in [0.5, 0.6) is 0 Å². The molecule has 1 fully saturated rings. The smallest absolute Gasteiger partial charge is 0.332 e. The first-order valence-corrected chi connectivity index (χ1v) is 7.69. The molecule has 9 nitrogen and oxygen atoms in total. The van der Waals surface area contributed by atoms with Crippen LogP contribution in [0, 0.1) is 6.92 Å². The van der Waals surface area contributed by atoms with Crippen LogP contribution in [0.4, 0.5) is 0 Å². The molecule has 1 unspecified atom stereocenters. The number of aromatic amines is 1. The van der Waals surface area contributed by atoms with Gasteiger partial charge in [-0.2, -0.15) is 0 Å². The van der Waals surface area contributed by atoms with Gasteiger partial charge in [0.2, 0.25) is 0 Å². The summed E-state index contributed by atoms with van der Waals surface area (Å²) in [6, 6.07) is 0. The van der Waals surface area contributed by atoms with Gasteiger partial charge in [0.15, 0.2) is 6.35 Å². The van der Waals surface area contributed by atoms with Gasteiger partial charge in [-0.25, -0.2) is 9.36 Å². The molecule has 0 bridgehead atoms. The molecule has 1 saturated heterocycles. The van der Waals surface area contributed by atoms with E-state index in [9.17, 15) is 14.2 Å². The zero-order chi connectivity index (χ0) is 15.0. The van der Waals surface area contributed by atoms with Crippen LogP contribution in [0.25, 0.3) is 0 Å². The second kappa shape index (κ2) is 5.27. The Morgan fingerprint density at radius 1 is 1.55 bits per heavy atom. The molecular weight excluding hydrogens is 291 g/mol. The Morgan fingerprint density at radius 3 is 2.80 bits per heavy atom. The first-order valence-electron chi connectivity index (χ1n) is 5.89. The molecule has 20 heavy (non-hydrogen) atoms. The van der Waals surface area contributed by atoms with E-state index in [1.165, 1.54) is 13.1 Å². The highest BCUT2D eigenvalue weighted by molar-refractivity contribution is 7.51. The molecule has 10 heteroatoms. The Balaban J connectivity index is 2.43. The molecule has 0 radical (unpaired) electrons. The minimum Gasteiger partial charge on any atom is -0.332 e. The summed E-state index contributed by atoms with van der Waals surface area (Å²) in [5, 5.41) is 0. The summed E-state index contributed by atoms with van der Waals surface area (Å²) in [6.45, 7) is 1.78. The van der Waals surface area contributed by atoms with Crippen LogP contribution >= 0.6 is 7.60 Å². The summed E-state index contributed by atoms with van der Waals surface area (Å²) in [5.41, 5.74) is -1.03. The molecule has 0 amide bonds. The van der Waals surface area contributed by atoms with E-state index in [-0.39, 0.29) is 18.6 Å². The van der Waals surface area contributed by atoms with Gasteiger partial charge in [0.25, 0.3) is 11.5 Å². The molecular formula is C10H15N2O7P. The van der Waals surface area contributed by atoms with E-state index in [4.69, 9.17) is 19.3 Å². The predicted molar refractivity (Wildman–Crippen MR) is 67.2 cm³/mol. The quantitative estimate of drug-likeness (QED) is 0.634. The monoisotopic (exact) mass is 306 g/mol. The van der Waals surface area contributed by atoms with E-state index in [1.54, 1.807) is 0 Å². The first kappa shape index (κ1) is 15.1. The van der Waals surface area contributed by atoms with Gasteiger partial charge < -0.3 is 19.3 Å². The van der Waals surface area contributed by atoms with Crippen molar-refractivity contribution in [1.29, 1.82) is 0 Å². The highest BCUT2D eigenvalue weighted by Crippen LogP contribution is 2.39. The van der Waals surface area contributed by atoms with Crippen molar-refractivity contribution in [3.63, 3.8) is 0 Å². The molecule has 1 aromatic rings. The second-order valence-corrected chi connectivity index (χ2v) is 6.13. The van der Waals surface area contributed by atoms with Gasteiger partial charge in [-0.1, -0.05) is 0 Å². The summed E-state index contributed by atoms with van der Waals surface area (Å²) in [7, 11) is -4.41. The molecule has 0 spiro atoms. The van der Waals surface area contributed by atoms with Crippen LogP contribution in [0.1, 0.15) is 18.4 Å². The number of nitrogens with one attached hydrogen (secondary N) is 1. The van der Waals surface area contributed by atoms with Crippen LogP contribution in [-0.4, -0.2) is 32.3 Å². The maximum atomic E-state index is 11.9. The number of ether oxygens (including phenoxy) is 2. The van der Waals surface area contributed by atoms with Crippen LogP contribution in [-0.2, 0) is 19.9 Å². The number of aromatic nitrogens is 2. The van der Waals surface area contributed by atoms with Gasteiger partial charge in [-0.05, 0) is 13.3 Å². The van der Waals surface area contributed by atoms with Gasteiger partial charge in [0, 0.05) is 18.2 Å². The van der Waals surface area contributed by atoms with E-state index in [1.807, 2.05) is 0 Å². The molecule has 1 aromatic heterocycles. The Morgan fingerprint density at radius 2 is 2.25 bits per heavy atom. The fourth-order valence-corrected chi connectivity index (χ4v) is 2.35. The van der Waals surface area contributed by atoms with E-state index >= 15 is 0 Å². The van der Waals surface area contributed by atoms with Crippen LogP contribution in [0.2, 0.25) is 0 Å². The average molecular weight is 306 g/mol. The number of H-pyrrole nitrogens is 1. The number of hydrogen-bond donors (Lipinski definition) is 3. The van der Waals surface area contributed by atoms with E-state index < -0.39 is 31.1 Å². The van der Waals surface area contributed by atoms with Gasteiger partial charge >= 0.3 is 13.3 Å². The Kier molecular flexibility index (Phi) is 3.99. The van der Waals surface area contributed by atoms with Gasteiger partial charge in [0.1, 0.15) is 0 Å². The SMILES string of the molecule is Cc1cn(C2(OCP(=O)(O)O)CCCO2)c(=O)[nH]c1=O. The highest BCUT2D eigenvalue weighted by atomic mass is 31.2. The van der Waals surface area contributed by atoms with E-state index in [0.29, 0.717) is 6.42 Å². The molecule has 1 aliphatic rings. The topological polar surface area (TPSA) is 131 Å². The van der Waals surface area contributed by atoms with Crippen molar-refractivity contribution in [3.8, 4) is 0 Å². The number of nitrogens with zero attached hydrogens (tertiary/aromatic N) is 1. The molecule has 112 valence electrons. The molecule has 2 heterocycles. The Hall–Kier alpha value is -1.25. The van der Waals surface area contributed by atoms with Gasteiger partial charge in [-0.15, -0.1) is 0 Å². The third-order valence-corrected chi connectivity index (χ3v) is 3.38. The lowest BCUT2D eigenvalue weighted by Gasteiger charge is -2.30. The zero-order valence-corrected chi connectivity index (χ0v) is 11.6. The fraction of sp³-hybridized carbons (Fsp3) is 0.600. The maximum absolute atomic E-state index is 11.9. The zero-order valence-electron chi connectivity index (χ0n) is 10.7. The maximum Gasteiger partial charge on any atom is 0.351 e. The first-order chi connectivity index (χ1) is 9.23. The standard InChI is InChI=1S/C10H15N2O7P/c1-7-5-12(9(14)11-8(7)13)10(3-2-4-18-10)19-6-20(15,16)17/h5H,2-4,6H2,1H3,(H,11,13,14)(H2,15,16,17). The summed E-state index contributed by atoms with van der Waals surface area (Å²) < 4.78 is 22.5. The lowest BCUT2D eigenvalue weighted by molar-refractivity contribution is -0.263. The van der Waals surface area contributed by atoms with Crippen molar-refractivity contribution in [3.05, 3.63) is 32.6 Å². The molecule has 1 atom stereocenters. The predicted octanol–water partition coefficient (Wildman–Crippen LogP) is -0.582. The number of aryl methyl sites for hydroxylation is 1. The summed E-state index contributed by atoms with van der Waals surface area (Å²) in [4.78, 5) is 43.1. The third-order valence-electron chi connectivity index (χ3n) is 2.91. The van der Waals surface area contributed by atoms with Crippen LogP contribution in [0.3, 0.4) is 0 Å². The van der Waals surface area contributed by atoms with Crippen molar-refractivity contribution in [2.45, 2.75) is 25.7 Å². The summed E-state index contributed by atoms with van der Waals surface area (Å²) in [5.74, 6) is -1.59. The summed E-state index contributed by atoms with van der Waals surface area (Å²) >= 11 is 0. The normalized spacial score (nSPS) is 23.1. The van der Waals surface area contributed by atoms with Gasteiger partial charge in [-0.3, -0.25) is 14.3 Å². The average Bonchev–Trinajstić information content (AvgIpc) is 2.80. The second-order valence-electron chi connectivity index (χ2n) is 4.54. The largest absolute Gasteiger partial charge is 0.351 e. The molecule has 1 aliphatic heterocycles. The summed E-state index contributed by atoms with van der Waals surface area (Å²) in [6.07, 6.45) is 1.19. The lowest BCUT2D eigenvalue weighted by atomic mass is 10.3. The molecule has 0 aromatic carbocycles. The lowest BCUT2D eigenvalue weighted by Crippen LogP contribution is -2.46. The number of hydrogen-bond acceptors (Lipinski definition) is 5. The van der Waals surface area contributed by atoms with Crippen molar-refractivity contribution in [1.82, 2.24) is 9.55 Å². The Bertz CT molecular complexity index is 652. The minimum absolute atomic E-state index is 0.248. The molecule has 2 rings (SSSR count). The molecule has 0 saturated carbocycles. The van der Waals surface area contributed by atoms with Crippen molar-refractivity contribution in [2.75, 3.05) is 13.0 Å². The van der Waals surface area contributed by atoms with E-state index in [2.05, 4.69) is 4.98 Å². The van der Waals surface area contributed by atoms with Crippen LogP contribution in [0.15, 0.2) is 15.8 Å². The van der Waals surface area contributed by atoms with E-state index in [0.717, 1.165) is 4.57 Å². The van der Waals surface area contributed by atoms with Crippen molar-refractivity contribution >= 4 is 7.60 Å². The Labute approximate surface area is 113 Å². The van der Waals surface area contributed by atoms with Gasteiger partial charge in [0.05, 0.1) is 6.61 Å². The number of rotatable bonds is 4. The fourth-order valence-electron chi connectivity index (χ4n) is 1.98. The highest BCUT2D eigenvalue weighted by Gasteiger charge is 2.41. The van der Waals surface area contributed by atoms with Crippen molar-refractivity contribution < 1.29 is 23.8 Å². The van der Waals surface area contributed by atoms with Crippen molar-refractivity contribution in [2.24, 2.45) is 0 Å². The molecule has 3 N–H and O–H groups in total.